The average Bonchev–Trinajstić information content (AvgIpc) is 2.56. The molecule has 1 aliphatic rings. The van der Waals surface area contributed by atoms with Crippen molar-refractivity contribution < 1.29 is 8.42 Å². The predicted octanol–water partition coefficient (Wildman–Crippen LogP) is -0.283. The molecule has 1 aliphatic heterocycles. The zero-order valence-corrected chi connectivity index (χ0v) is 8.16. The molecule has 1 atom stereocenters. The number of nitrogens with zero attached hydrogens (tertiary/aromatic N) is 3. The molecule has 0 aliphatic carbocycles. The maximum absolute atomic E-state index is 11.2. The first kappa shape index (κ1) is 8.68. The monoisotopic (exact) mass is 201 g/mol. The van der Waals surface area contributed by atoms with Crippen LogP contribution in [0.4, 0.5) is 0 Å². The maximum atomic E-state index is 11.2. The van der Waals surface area contributed by atoms with Crippen LogP contribution in [-0.4, -0.2) is 34.7 Å². The van der Waals surface area contributed by atoms with Crippen molar-refractivity contribution in [1.82, 2.24) is 14.8 Å². The Labute approximate surface area is 76.7 Å². The van der Waals surface area contributed by atoms with Gasteiger partial charge in [-0.15, -0.1) is 10.2 Å². The molecular formula is C7H11N3O2S. The summed E-state index contributed by atoms with van der Waals surface area (Å²) in [6.07, 6.45) is 2.27. The molecule has 1 unspecified atom stereocenters. The van der Waals surface area contributed by atoms with E-state index >= 15 is 0 Å². The van der Waals surface area contributed by atoms with Crippen molar-refractivity contribution >= 4 is 9.84 Å². The molecule has 0 spiro atoms. The van der Waals surface area contributed by atoms with Crippen LogP contribution in [0.2, 0.25) is 0 Å². The molecule has 0 amide bonds. The third kappa shape index (κ3) is 1.58. The smallest absolute Gasteiger partial charge is 0.151 e. The van der Waals surface area contributed by atoms with Crippen molar-refractivity contribution in [2.24, 2.45) is 7.05 Å². The summed E-state index contributed by atoms with van der Waals surface area (Å²) in [7, 11) is -0.986. The molecule has 1 aromatic heterocycles. The van der Waals surface area contributed by atoms with Gasteiger partial charge in [0.1, 0.15) is 12.2 Å². The minimum Gasteiger partial charge on any atom is -0.320 e. The van der Waals surface area contributed by atoms with E-state index in [1.165, 1.54) is 0 Å². The summed E-state index contributed by atoms with van der Waals surface area (Å²) in [5.41, 5.74) is 0. The highest BCUT2D eigenvalue weighted by molar-refractivity contribution is 7.91. The minimum atomic E-state index is -2.82. The normalized spacial score (nSPS) is 26.4. The number of sulfone groups is 1. The average molecular weight is 201 g/mol. The highest BCUT2D eigenvalue weighted by atomic mass is 32.2. The molecule has 5 nitrogen and oxygen atoms in total. The standard InChI is InChI=1S/C7H11N3O2S/c1-10-5-8-9-7(10)6-2-3-13(11,12)4-6/h5-6H,2-4H2,1H3. The second-order valence-electron chi connectivity index (χ2n) is 3.40. The van der Waals surface area contributed by atoms with E-state index in [0.29, 0.717) is 6.42 Å². The minimum absolute atomic E-state index is 0.0394. The molecule has 2 heterocycles. The fourth-order valence-electron chi connectivity index (χ4n) is 1.66. The van der Waals surface area contributed by atoms with Crippen LogP contribution in [0.5, 0.6) is 0 Å². The van der Waals surface area contributed by atoms with Crippen LogP contribution < -0.4 is 0 Å². The molecule has 0 saturated carbocycles. The molecule has 1 saturated heterocycles. The van der Waals surface area contributed by atoms with Crippen LogP contribution >= 0.6 is 0 Å². The molecule has 0 N–H and O–H groups in total. The van der Waals surface area contributed by atoms with Gasteiger partial charge in [-0.1, -0.05) is 0 Å². The summed E-state index contributed by atoms with van der Waals surface area (Å²) in [5.74, 6) is 1.32. The number of hydrogen-bond acceptors (Lipinski definition) is 4. The Morgan fingerprint density at radius 3 is 2.85 bits per heavy atom. The molecule has 0 radical (unpaired) electrons. The van der Waals surface area contributed by atoms with Crippen molar-refractivity contribution in [3.05, 3.63) is 12.2 Å². The summed E-state index contributed by atoms with van der Waals surface area (Å²) in [5, 5.41) is 7.64. The molecule has 1 fully saturated rings. The first-order valence-corrected chi connectivity index (χ1v) is 5.95. The van der Waals surface area contributed by atoms with Crippen molar-refractivity contribution in [3.63, 3.8) is 0 Å². The van der Waals surface area contributed by atoms with Gasteiger partial charge in [-0.3, -0.25) is 0 Å². The van der Waals surface area contributed by atoms with Gasteiger partial charge < -0.3 is 4.57 Å². The van der Waals surface area contributed by atoms with E-state index in [4.69, 9.17) is 0 Å². The molecule has 0 aromatic carbocycles. The summed E-state index contributed by atoms with van der Waals surface area (Å²) >= 11 is 0. The van der Waals surface area contributed by atoms with Crippen LogP contribution in [0, 0.1) is 0 Å². The molecule has 0 bridgehead atoms. The summed E-state index contributed by atoms with van der Waals surface area (Å²) in [6.45, 7) is 0. The highest BCUT2D eigenvalue weighted by Gasteiger charge is 2.31. The summed E-state index contributed by atoms with van der Waals surface area (Å²) in [4.78, 5) is 0. The lowest BCUT2D eigenvalue weighted by molar-refractivity contribution is 0.600. The number of aryl methyl sites for hydroxylation is 1. The molecule has 72 valence electrons. The number of rotatable bonds is 1. The molecule has 2 rings (SSSR count). The first-order chi connectivity index (χ1) is 6.08. The largest absolute Gasteiger partial charge is 0.320 e. The summed E-state index contributed by atoms with van der Waals surface area (Å²) in [6, 6.07) is 0. The topological polar surface area (TPSA) is 64.8 Å². The van der Waals surface area contributed by atoms with Gasteiger partial charge in [-0.05, 0) is 6.42 Å². The van der Waals surface area contributed by atoms with Crippen LogP contribution in [-0.2, 0) is 16.9 Å². The third-order valence-electron chi connectivity index (χ3n) is 2.34. The van der Waals surface area contributed by atoms with Crippen molar-refractivity contribution in [1.29, 1.82) is 0 Å². The Balaban J connectivity index is 2.26. The van der Waals surface area contributed by atoms with E-state index in [-0.39, 0.29) is 17.4 Å². The van der Waals surface area contributed by atoms with E-state index in [1.54, 1.807) is 10.9 Å². The van der Waals surface area contributed by atoms with Gasteiger partial charge in [0, 0.05) is 13.0 Å². The summed E-state index contributed by atoms with van der Waals surface area (Å²) < 4.78 is 24.2. The molecule has 6 heteroatoms. The van der Waals surface area contributed by atoms with Gasteiger partial charge in [-0.25, -0.2) is 8.42 Å². The van der Waals surface area contributed by atoms with Gasteiger partial charge in [-0.2, -0.15) is 0 Å². The molecule has 1 aromatic rings. The van der Waals surface area contributed by atoms with Crippen LogP contribution in [0.1, 0.15) is 18.2 Å². The van der Waals surface area contributed by atoms with Crippen LogP contribution in [0.25, 0.3) is 0 Å². The van der Waals surface area contributed by atoms with Crippen molar-refractivity contribution in [3.8, 4) is 0 Å². The molecular weight excluding hydrogens is 190 g/mol. The Hall–Kier alpha value is -0.910. The quantitative estimate of drug-likeness (QED) is 0.626. The van der Waals surface area contributed by atoms with Gasteiger partial charge in [0.05, 0.1) is 11.5 Å². The maximum Gasteiger partial charge on any atom is 0.151 e. The predicted molar refractivity (Wildman–Crippen MR) is 47.0 cm³/mol. The Kier molecular flexibility index (Phi) is 1.87. The van der Waals surface area contributed by atoms with Gasteiger partial charge in [0.25, 0.3) is 0 Å². The van der Waals surface area contributed by atoms with Crippen molar-refractivity contribution in [2.45, 2.75) is 12.3 Å². The lowest BCUT2D eigenvalue weighted by Gasteiger charge is -2.04. The van der Waals surface area contributed by atoms with Crippen LogP contribution in [0.15, 0.2) is 6.33 Å². The lowest BCUT2D eigenvalue weighted by atomic mass is 10.1. The number of hydrogen-bond donors (Lipinski definition) is 0. The van der Waals surface area contributed by atoms with E-state index in [9.17, 15) is 8.42 Å². The fourth-order valence-corrected chi connectivity index (χ4v) is 3.40. The Bertz CT molecular complexity index is 409. The van der Waals surface area contributed by atoms with Gasteiger partial charge in [0.15, 0.2) is 9.84 Å². The van der Waals surface area contributed by atoms with E-state index < -0.39 is 9.84 Å². The van der Waals surface area contributed by atoms with Crippen molar-refractivity contribution in [2.75, 3.05) is 11.5 Å². The zero-order chi connectivity index (χ0) is 9.47. The number of aromatic nitrogens is 3. The third-order valence-corrected chi connectivity index (χ3v) is 4.11. The zero-order valence-electron chi connectivity index (χ0n) is 7.34. The van der Waals surface area contributed by atoms with E-state index in [2.05, 4.69) is 10.2 Å². The second-order valence-corrected chi connectivity index (χ2v) is 5.63. The molecule has 13 heavy (non-hydrogen) atoms. The Morgan fingerprint density at radius 1 is 1.62 bits per heavy atom. The highest BCUT2D eigenvalue weighted by Crippen LogP contribution is 2.26. The first-order valence-electron chi connectivity index (χ1n) is 4.13. The fraction of sp³-hybridized carbons (Fsp3) is 0.714. The SMILES string of the molecule is Cn1cnnc1C1CCS(=O)(=O)C1. The van der Waals surface area contributed by atoms with Gasteiger partial charge in [0.2, 0.25) is 0 Å². The van der Waals surface area contributed by atoms with E-state index in [1.807, 2.05) is 7.05 Å². The second kappa shape index (κ2) is 2.80. The van der Waals surface area contributed by atoms with Crippen LogP contribution in [0.3, 0.4) is 0 Å². The lowest BCUT2D eigenvalue weighted by Crippen LogP contribution is -2.08. The Morgan fingerprint density at radius 2 is 2.38 bits per heavy atom. The van der Waals surface area contributed by atoms with Gasteiger partial charge >= 0.3 is 0 Å². The van der Waals surface area contributed by atoms with E-state index in [0.717, 1.165) is 5.82 Å².